The Balaban J connectivity index is 2.91. The predicted octanol–water partition coefficient (Wildman–Crippen LogP) is 0.0451. The largest absolute Gasteiger partial charge is 0.463 e. The van der Waals surface area contributed by atoms with Crippen LogP contribution in [0.1, 0.15) is 27.7 Å². The second-order valence-electron chi connectivity index (χ2n) is 7.64. The summed E-state index contributed by atoms with van der Waals surface area (Å²) >= 11 is 0. The van der Waals surface area contributed by atoms with Crippen LogP contribution in [0.25, 0.3) is 10.4 Å². The molecule has 1 rings (SSSR count). The molecule has 1 aliphatic heterocycles. The fourth-order valence-electron chi connectivity index (χ4n) is 3.35. The molecule has 0 spiro atoms. The monoisotopic (exact) mass is 518 g/mol. The molecule has 204 valence electrons. The van der Waals surface area contributed by atoms with Crippen LogP contribution in [-0.2, 0) is 52.3 Å². The summed E-state index contributed by atoms with van der Waals surface area (Å²) in [4.78, 5) is 49.7. The van der Waals surface area contributed by atoms with Crippen LogP contribution in [0.5, 0.6) is 0 Å². The molecule has 1 aliphatic rings. The Kier molecular flexibility index (Phi) is 15.1. The van der Waals surface area contributed by atoms with Crippen molar-refractivity contribution in [3.8, 4) is 0 Å². The van der Waals surface area contributed by atoms with Crippen molar-refractivity contribution in [3.05, 3.63) is 10.4 Å². The number of ether oxygens (including phenoxy) is 7. The summed E-state index contributed by atoms with van der Waals surface area (Å²) in [5.41, 5.74) is 8.20. The molecule has 1 saturated heterocycles. The molecule has 0 aromatic rings. The van der Waals surface area contributed by atoms with Gasteiger partial charge in [0.25, 0.3) is 0 Å². The summed E-state index contributed by atoms with van der Waals surface area (Å²) in [6, 6.07) is -0.956. The molecule has 0 aromatic heterocycles. The zero-order valence-electron chi connectivity index (χ0n) is 20.9. The van der Waals surface area contributed by atoms with Gasteiger partial charge in [0.05, 0.1) is 45.7 Å². The summed E-state index contributed by atoms with van der Waals surface area (Å²) < 4.78 is 38.3. The maximum Gasteiger partial charge on any atom is 0.303 e. The van der Waals surface area contributed by atoms with Gasteiger partial charge in [0, 0.05) is 39.2 Å². The van der Waals surface area contributed by atoms with Crippen LogP contribution in [-0.4, -0.2) is 107 Å². The topological polar surface area (TPSA) is 194 Å². The van der Waals surface area contributed by atoms with Gasteiger partial charge in [-0.15, -0.1) is 0 Å². The highest BCUT2D eigenvalue weighted by Crippen LogP contribution is 2.25. The molecule has 1 heterocycles. The van der Waals surface area contributed by atoms with Gasteiger partial charge in [-0.2, -0.15) is 0 Å². The molecule has 0 bridgehead atoms. The Labute approximate surface area is 208 Å². The molecule has 1 fully saturated rings. The van der Waals surface area contributed by atoms with E-state index in [1.165, 1.54) is 20.8 Å². The van der Waals surface area contributed by atoms with Gasteiger partial charge < -0.3 is 38.5 Å². The van der Waals surface area contributed by atoms with E-state index in [2.05, 4.69) is 15.3 Å². The molecule has 1 amide bonds. The van der Waals surface area contributed by atoms with E-state index >= 15 is 0 Å². The van der Waals surface area contributed by atoms with Gasteiger partial charge in [0.15, 0.2) is 12.2 Å². The van der Waals surface area contributed by atoms with E-state index in [4.69, 9.17) is 38.7 Å². The molecule has 36 heavy (non-hydrogen) atoms. The van der Waals surface area contributed by atoms with Crippen molar-refractivity contribution in [2.24, 2.45) is 5.11 Å². The van der Waals surface area contributed by atoms with Crippen LogP contribution in [0.3, 0.4) is 0 Å². The van der Waals surface area contributed by atoms with Gasteiger partial charge in [-0.1, -0.05) is 5.11 Å². The number of amides is 1. The lowest BCUT2D eigenvalue weighted by molar-refractivity contribution is -0.182. The second kappa shape index (κ2) is 17.5. The van der Waals surface area contributed by atoms with E-state index < -0.39 is 54.3 Å². The first kappa shape index (κ1) is 31.1. The zero-order chi connectivity index (χ0) is 26.9. The highest BCUT2D eigenvalue weighted by Gasteiger charge is 2.48. The molecular formula is C21H34N4O11. The summed E-state index contributed by atoms with van der Waals surface area (Å²) in [6.45, 7) is 5.74. The van der Waals surface area contributed by atoms with Crippen molar-refractivity contribution in [1.82, 2.24) is 5.32 Å². The summed E-state index contributed by atoms with van der Waals surface area (Å²) in [6.07, 6.45) is -4.23. The van der Waals surface area contributed by atoms with Gasteiger partial charge in [-0.25, -0.2) is 0 Å². The van der Waals surface area contributed by atoms with Crippen molar-refractivity contribution in [2.45, 2.75) is 58.2 Å². The van der Waals surface area contributed by atoms with Gasteiger partial charge in [0.1, 0.15) is 18.8 Å². The first-order valence-corrected chi connectivity index (χ1v) is 11.3. The third-order valence-corrected chi connectivity index (χ3v) is 4.67. The Hall–Kier alpha value is -2.97. The van der Waals surface area contributed by atoms with E-state index in [1.54, 1.807) is 0 Å². The van der Waals surface area contributed by atoms with Crippen LogP contribution in [0.15, 0.2) is 5.11 Å². The van der Waals surface area contributed by atoms with Crippen molar-refractivity contribution in [1.29, 1.82) is 0 Å². The highest BCUT2D eigenvalue weighted by molar-refractivity contribution is 5.73. The maximum atomic E-state index is 12.0. The lowest BCUT2D eigenvalue weighted by Gasteiger charge is -2.34. The number of carbonyl (C=O) groups is 4. The fourth-order valence-corrected chi connectivity index (χ4v) is 3.35. The van der Waals surface area contributed by atoms with Crippen LogP contribution in [0.4, 0.5) is 0 Å². The Bertz CT molecular complexity index is 775. The Morgan fingerprint density at radius 3 is 2.11 bits per heavy atom. The molecule has 15 nitrogen and oxygen atoms in total. The predicted molar refractivity (Wildman–Crippen MR) is 120 cm³/mol. The normalized spacial score (nSPS) is 23.5. The van der Waals surface area contributed by atoms with Gasteiger partial charge in [0.2, 0.25) is 5.91 Å². The molecule has 0 aromatic carbocycles. The molecule has 5 unspecified atom stereocenters. The van der Waals surface area contributed by atoms with Crippen LogP contribution < -0.4 is 5.32 Å². The molecule has 0 saturated carbocycles. The van der Waals surface area contributed by atoms with E-state index in [9.17, 15) is 19.2 Å². The van der Waals surface area contributed by atoms with Gasteiger partial charge in [-0.3, -0.25) is 19.2 Å². The summed E-state index contributed by atoms with van der Waals surface area (Å²) in [5.74, 6) is -2.41. The molecule has 5 atom stereocenters. The standard InChI is InChI=1S/C21H34N4O11/c1-13(26)24-19-17(32-10-9-31-8-7-30-6-5-23-25-22)11-34-18(12-33-14(2)27)20(35-15(3)28)21(19)36-16(4)29/h17-21H,5-12H2,1-4H3,(H,24,26). The van der Waals surface area contributed by atoms with Crippen molar-refractivity contribution in [2.75, 3.05) is 52.8 Å². The van der Waals surface area contributed by atoms with E-state index in [-0.39, 0.29) is 46.2 Å². The van der Waals surface area contributed by atoms with Crippen LogP contribution in [0.2, 0.25) is 0 Å². The average Bonchev–Trinajstić information content (AvgIpc) is 2.90. The number of esters is 3. The average molecular weight is 519 g/mol. The van der Waals surface area contributed by atoms with Crippen molar-refractivity contribution < 1.29 is 52.3 Å². The minimum absolute atomic E-state index is 0.0858. The smallest absolute Gasteiger partial charge is 0.303 e. The number of nitrogens with one attached hydrogen (secondary N) is 1. The number of nitrogens with zero attached hydrogens (tertiary/aromatic N) is 3. The molecule has 15 heteroatoms. The quantitative estimate of drug-likeness (QED) is 0.0768. The van der Waals surface area contributed by atoms with Crippen molar-refractivity contribution >= 4 is 23.8 Å². The SMILES string of the molecule is CC(=O)NC1C(OCCOCCOCCN=[N+]=[N-])COC(COC(C)=O)C(OC(C)=O)C1OC(C)=O. The summed E-state index contributed by atoms with van der Waals surface area (Å²) in [7, 11) is 0. The number of carbonyl (C=O) groups excluding carboxylic acids is 4. The fraction of sp³-hybridized carbons (Fsp3) is 0.810. The van der Waals surface area contributed by atoms with E-state index in [0.717, 1.165) is 6.92 Å². The second-order valence-corrected chi connectivity index (χ2v) is 7.64. The molecule has 0 radical (unpaired) electrons. The van der Waals surface area contributed by atoms with Crippen molar-refractivity contribution in [3.63, 3.8) is 0 Å². The number of hydrogen-bond acceptors (Lipinski definition) is 12. The minimum atomic E-state index is -1.20. The third-order valence-electron chi connectivity index (χ3n) is 4.67. The lowest BCUT2D eigenvalue weighted by Crippen LogP contribution is -2.58. The third kappa shape index (κ3) is 12.7. The van der Waals surface area contributed by atoms with E-state index in [1.807, 2.05) is 0 Å². The number of azide groups is 1. The van der Waals surface area contributed by atoms with E-state index in [0.29, 0.717) is 6.61 Å². The minimum Gasteiger partial charge on any atom is -0.463 e. The molecular weight excluding hydrogens is 484 g/mol. The number of hydrogen-bond donors (Lipinski definition) is 1. The molecule has 0 aliphatic carbocycles. The zero-order valence-corrected chi connectivity index (χ0v) is 20.9. The van der Waals surface area contributed by atoms with Crippen LogP contribution in [0, 0.1) is 0 Å². The lowest BCUT2D eigenvalue weighted by atomic mass is 9.97. The number of rotatable bonds is 15. The highest BCUT2D eigenvalue weighted by atomic mass is 16.6. The Morgan fingerprint density at radius 1 is 0.917 bits per heavy atom. The Morgan fingerprint density at radius 2 is 1.53 bits per heavy atom. The van der Waals surface area contributed by atoms with Gasteiger partial charge >= 0.3 is 17.9 Å². The van der Waals surface area contributed by atoms with Crippen LogP contribution >= 0.6 is 0 Å². The first-order chi connectivity index (χ1) is 17.1. The van der Waals surface area contributed by atoms with Gasteiger partial charge in [-0.05, 0) is 5.53 Å². The first-order valence-electron chi connectivity index (χ1n) is 11.3. The maximum absolute atomic E-state index is 12.0. The summed E-state index contributed by atoms with van der Waals surface area (Å²) in [5, 5.41) is 6.03. The molecule has 1 N–H and O–H groups in total.